The molecule has 1 aliphatic rings. The van der Waals surface area contributed by atoms with Crippen LogP contribution in [0.25, 0.3) is 0 Å². The first-order valence-electron chi connectivity index (χ1n) is 12.2. The lowest BCUT2D eigenvalue weighted by Gasteiger charge is -2.28. The van der Waals surface area contributed by atoms with Crippen molar-refractivity contribution >= 4 is 21.6 Å². The molecule has 1 aliphatic heterocycles. The van der Waals surface area contributed by atoms with Crippen LogP contribution in [0, 0.1) is 0 Å². The van der Waals surface area contributed by atoms with Gasteiger partial charge in [-0.05, 0) is 56.2 Å². The fourth-order valence-electron chi connectivity index (χ4n) is 3.80. The molecule has 0 saturated heterocycles. The molecule has 10 heteroatoms. The van der Waals surface area contributed by atoms with E-state index >= 15 is 0 Å². The largest absolute Gasteiger partial charge is 0.494 e. The van der Waals surface area contributed by atoms with Crippen LogP contribution in [0.1, 0.15) is 45.1 Å². The Morgan fingerprint density at radius 3 is 2.53 bits per heavy atom. The fraction of sp³-hybridized carbons (Fsp3) is 0.462. The Labute approximate surface area is 212 Å². The van der Waals surface area contributed by atoms with E-state index in [0.717, 1.165) is 12.8 Å². The molecule has 2 aromatic rings. The molecule has 0 saturated carbocycles. The second-order valence-corrected chi connectivity index (χ2v) is 10.8. The molecule has 36 heavy (non-hydrogen) atoms. The van der Waals surface area contributed by atoms with E-state index in [0.29, 0.717) is 30.9 Å². The van der Waals surface area contributed by atoms with Crippen LogP contribution in [0.2, 0.25) is 0 Å². The maximum Gasteiger partial charge on any atom is 0.266 e. The van der Waals surface area contributed by atoms with Gasteiger partial charge in [-0.15, -0.1) is 0 Å². The zero-order chi connectivity index (χ0) is 26.0. The topological polar surface area (TPSA) is 126 Å². The highest BCUT2D eigenvalue weighted by Gasteiger charge is 2.50. The van der Waals surface area contributed by atoms with Crippen LogP contribution in [0.5, 0.6) is 5.75 Å². The molecule has 2 aromatic carbocycles. The first kappa shape index (κ1) is 27.6. The van der Waals surface area contributed by atoms with Gasteiger partial charge in [0.15, 0.2) is 15.4 Å². The van der Waals surface area contributed by atoms with Crippen LogP contribution < -0.4 is 15.6 Å². The Balaban J connectivity index is 1.84. The lowest BCUT2D eigenvalue weighted by molar-refractivity contribution is -0.129. The summed E-state index contributed by atoms with van der Waals surface area (Å²) in [6, 6.07) is 15.2. The first-order valence-corrected chi connectivity index (χ1v) is 13.9. The third-order valence-corrected chi connectivity index (χ3v) is 7.77. The minimum absolute atomic E-state index is 0.0431. The van der Waals surface area contributed by atoms with Crippen LogP contribution in [-0.2, 0) is 19.4 Å². The third-order valence-electron chi connectivity index (χ3n) is 6.04. The Kier molecular flexibility index (Phi) is 9.86. The second-order valence-electron chi connectivity index (χ2n) is 8.67. The minimum Gasteiger partial charge on any atom is -0.494 e. The first-order chi connectivity index (χ1) is 17.3. The Bertz CT molecular complexity index is 1120. The summed E-state index contributed by atoms with van der Waals surface area (Å²) in [5.41, 5.74) is 4.85. The molecular weight excluding hydrogens is 482 g/mol. The maximum absolute atomic E-state index is 13.4. The molecule has 0 aromatic heterocycles. The van der Waals surface area contributed by atoms with Crippen LogP contribution in [0.3, 0.4) is 0 Å². The van der Waals surface area contributed by atoms with Gasteiger partial charge in [-0.2, -0.15) is 0 Å². The molecule has 0 spiro atoms. The van der Waals surface area contributed by atoms with Crippen molar-refractivity contribution in [2.45, 2.75) is 56.1 Å². The minimum atomic E-state index is -3.63. The second kappa shape index (κ2) is 12.8. The fourth-order valence-corrected chi connectivity index (χ4v) is 5.19. The predicted octanol–water partition coefficient (Wildman–Crippen LogP) is 2.64. The molecule has 1 amide bonds. The summed E-state index contributed by atoms with van der Waals surface area (Å²) in [6.07, 6.45) is 1.64. The molecule has 3 N–H and O–H groups in total. The number of nitrogens with zero attached hydrogens (tertiary/aromatic N) is 1. The van der Waals surface area contributed by atoms with E-state index in [1.807, 2.05) is 6.92 Å². The summed E-state index contributed by atoms with van der Waals surface area (Å²) in [4.78, 5) is 18.3. The molecule has 1 heterocycles. The summed E-state index contributed by atoms with van der Waals surface area (Å²) in [5, 5.41) is 8.90. The number of carbonyl (C=O) groups excluding carboxylic acids is 1. The van der Waals surface area contributed by atoms with Crippen molar-refractivity contribution in [3.05, 3.63) is 60.2 Å². The highest BCUT2D eigenvalue weighted by Crippen LogP contribution is 2.33. The van der Waals surface area contributed by atoms with E-state index in [1.165, 1.54) is 0 Å². The van der Waals surface area contributed by atoms with Gasteiger partial charge in [0.2, 0.25) is 5.90 Å². The van der Waals surface area contributed by atoms with Gasteiger partial charge in [-0.25, -0.2) is 18.8 Å². The molecule has 196 valence electrons. The van der Waals surface area contributed by atoms with Crippen molar-refractivity contribution in [2.75, 3.05) is 25.5 Å². The summed E-state index contributed by atoms with van der Waals surface area (Å²) in [6.45, 7) is 4.81. The summed E-state index contributed by atoms with van der Waals surface area (Å²) in [5.74, 6) is 0.206. The van der Waals surface area contributed by atoms with Crippen molar-refractivity contribution in [2.24, 2.45) is 4.99 Å². The van der Waals surface area contributed by atoms with E-state index in [2.05, 4.69) is 15.8 Å². The SMILES string of the molecule is CCCCNNC(=O)[C@@]1(CCS(=O)(=O)c2ccccc2)N=C(c2ccc(OCCCO)cc2)O[C@H]1C. The van der Waals surface area contributed by atoms with Gasteiger partial charge in [0, 0.05) is 25.1 Å². The number of hydrazine groups is 1. The molecule has 0 aliphatic carbocycles. The average molecular weight is 518 g/mol. The third kappa shape index (κ3) is 6.83. The Hall–Kier alpha value is -2.95. The normalized spacial score (nSPS) is 19.4. The van der Waals surface area contributed by atoms with Crippen LogP contribution in [0.15, 0.2) is 64.5 Å². The zero-order valence-electron chi connectivity index (χ0n) is 20.8. The number of hydrogen-bond acceptors (Lipinski definition) is 8. The van der Waals surface area contributed by atoms with E-state index in [1.54, 1.807) is 61.5 Å². The lowest BCUT2D eigenvalue weighted by Crippen LogP contribution is -2.55. The van der Waals surface area contributed by atoms with E-state index in [9.17, 15) is 13.2 Å². The molecule has 0 unspecified atom stereocenters. The van der Waals surface area contributed by atoms with E-state index in [4.69, 9.17) is 14.6 Å². The standard InChI is InChI=1S/C26H35N3O6S/c1-3-4-16-27-29-25(31)26(15-19-36(32,33)23-9-6-5-7-10-23)20(2)35-24(28-26)21-11-13-22(14-12-21)34-18-8-17-30/h5-7,9-14,20,27,30H,3-4,8,15-19H2,1-2H3,(H,29,31)/t20-,26-/m0/s1. The summed E-state index contributed by atoms with van der Waals surface area (Å²) >= 11 is 0. The van der Waals surface area contributed by atoms with Gasteiger partial charge in [0.1, 0.15) is 11.9 Å². The molecule has 0 radical (unpaired) electrons. The highest BCUT2D eigenvalue weighted by molar-refractivity contribution is 7.91. The van der Waals surface area contributed by atoms with Crippen LogP contribution in [0.4, 0.5) is 0 Å². The number of aliphatic hydroxyl groups is 1. The monoisotopic (exact) mass is 517 g/mol. The number of rotatable bonds is 14. The van der Waals surface area contributed by atoms with Gasteiger partial charge in [0.25, 0.3) is 5.91 Å². The Morgan fingerprint density at radius 2 is 1.86 bits per heavy atom. The highest BCUT2D eigenvalue weighted by atomic mass is 32.2. The zero-order valence-corrected chi connectivity index (χ0v) is 21.6. The Morgan fingerprint density at radius 1 is 1.14 bits per heavy atom. The number of benzene rings is 2. The number of aliphatic hydroxyl groups excluding tert-OH is 1. The number of hydrogen-bond donors (Lipinski definition) is 3. The van der Waals surface area contributed by atoms with Gasteiger partial charge >= 0.3 is 0 Å². The number of unbranched alkanes of at least 4 members (excludes halogenated alkanes) is 1. The van der Waals surface area contributed by atoms with Gasteiger partial charge in [-0.1, -0.05) is 31.5 Å². The molecule has 0 bridgehead atoms. The van der Waals surface area contributed by atoms with Crippen LogP contribution >= 0.6 is 0 Å². The molecule has 0 fully saturated rings. The van der Waals surface area contributed by atoms with Gasteiger partial charge in [-0.3, -0.25) is 10.2 Å². The van der Waals surface area contributed by atoms with Gasteiger partial charge in [0.05, 0.1) is 17.3 Å². The quantitative estimate of drug-likeness (QED) is 0.260. The lowest BCUT2D eigenvalue weighted by atomic mass is 9.90. The van der Waals surface area contributed by atoms with E-state index < -0.39 is 27.4 Å². The van der Waals surface area contributed by atoms with Crippen molar-refractivity contribution in [1.82, 2.24) is 10.9 Å². The molecular formula is C26H35N3O6S. The van der Waals surface area contributed by atoms with Crippen molar-refractivity contribution in [3.63, 3.8) is 0 Å². The van der Waals surface area contributed by atoms with Crippen LogP contribution in [-0.4, -0.2) is 62.5 Å². The maximum atomic E-state index is 13.4. The number of ether oxygens (including phenoxy) is 2. The predicted molar refractivity (Wildman–Crippen MR) is 138 cm³/mol. The summed E-state index contributed by atoms with van der Waals surface area (Å²) in [7, 11) is -3.63. The van der Waals surface area contributed by atoms with Gasteiger partial charge < -0.3 is 14.6 Å². The smallest absolute Gasteiger partial charge is 0.266 e. The number of amides is 1. The van der Waals surface area contributed by atoms with E-state index in [-0.39, 0.29) is 29.6 Å². The molecule has 2 atom stereocenters. The molecule has 9 nitrogen and oxygen atoms in total. The average Bonchev–Trinajstić information content (AvgIpc) is 3.23. The number of sulfone groups is 1. The number of aliphatic imine (C=N–C) groups is 1. The number of carbonyl (C=O) groups is 1. The summed E-state index contributed by atoms with van der Waals surface area (Å²) < 4.78 is 37.6. The number of nitrogens with one attached hydrogen (secondary N) is 2. The molecule has 3 rings (SSSR count). The van der Waals surface area contributed by atoms with Crippen molar-refractivity contribution in [3.8, 4) is 5.75 Å². The van der Waals surface area contributed by atoms with Crippen molar-refractivity contribution < 1.29 is 27.8 Å². The van der Waals surface area contributed by atoms with Crippen molar-refractivity contribution in [1.29, 1.82) is 0 Å².